The first-order valence-electron chi connectivity index (χ1n) is 7.09. The molecule has 1 aliphatic rings. The Kier molecular flexibility index (Phi) is 6.69. The SMILES string of the molecule is CC(SCC(=O)N(C(C)C)C1CCCCC1)C(=O)O. The quantitative estimate of drug-likeness (QED) is 0.816. The second-order valence-corrected chi connectivity index (χ2v) is 6.81. The van der Waals surface area contributed by atoms with Crippen LogP contribution in [-0.2, 0) is 9.59 Å². The zero-order valence-corrected chi connectivity index (χ0v) is 12.9. The predicted molar refractivity (Wildman–Crippen MR) is 78.4 cm³/mol. The first-order valence-corrected chi connectivity index (χ1v) is 8.14. The van der Waals surface area contributed by atoms with Crippen molar-refractivity contribution in [3.8, 4) is 0 Å². The average Bonchev–Trinajstić information content (AvgIpc) is 2.36. The van der Waals surface area contributed by atoms with Gasteiger partial charge in [-0.1, -0.05) is 19.3 Å². The van der Waals surface area contributed by atoms with Crippen molar-refractivity contribution in [1.82, 2.24) is 4.90 Å². The molecule has 0 aromatic carbocycles. The fourth-order valence-corrected chi connectivity index (χ4v) is 3.30. The van der Waals surface area contributed by atoms with Gasteiger partial charge in [0.05, 0.1) is 11.0 Å². The highest BCUT2D eigenvalue weighted by molar-refractivity contribution is 8.01. The van der Waals surface area contributed by atoms with Crippen LogP contribution in [0.1, 0.15) is 52.9 Å². The first kappa shape index (κ1) is 16.3. The van der Waals surface area contributed by atoms with Crippen LogP contribution in [0.5, 0.6) is 0 Å². The van der Waals surface area contributed by atoms with Crippen LogP contribution in [-0.4, -0.2) is 45.0 Å². The minimum Gasteiger partial charge on any atom is -0.480 e. The molecule has 0 saturated heterocycles. The Morgan fingerprint density at radius 1 is 1.21 bits per heavy atom. The van der Waals surface area contributed by atoms with Crippen LogP contribution in [0.3, 0.4) is 0 Å². The number of carbonyl (C=O) groups is 2. The molecule has 0 heterocycles. The Bertz CT molecular complexity index is 314. The minimum absolute atomic E-state index is 0.0833. The first-order chi connectivity index (χ1) is 8.93. The summed E-state index contributed by atoms with van der Waals surface area (Å²) in [5.41, 5.74) is 0. The number of thioether (sulfide) groups is 1. The van der Waals surface area contributed by atoms with Gasteiger partial charge in [-0.2, -0.15) is 0 Å². The molecule has 0 radical (unpaired) electrons. The summed E-state index contributed by atoms with van der Waals surface area (Å²) in [6, 6.07) is 0.540. The monoisotopic (exact) mass is 287 g/mol. The highest BCUT2D eigenvalue weighted by Gasteiger charge is 2.28. The van der Waals surface area contributed by atoms with Gasteiger partial charge in [0.15, 0.2) is 0 Å². The maximum Gasteiger partial charge on any atom is 0.316 e. The zero-order chi connectivity index (χ0) is 14.4. The average molecular weight is 287 g/mol. The van der Waals surface area contributed by atoms with Crippen LogP contribution in [0.2, 0.25) is 0 Å². The van der Waals surface area contributed by atoms with Gasteiger partial charge in [-0.05, 0) is 33.6 Å². The Hall–Kier alpha value is -0.710. The number of rotatable bonds is 6. The van der Waals surface area contributed by atoms with E-state index in [1.54, 1.807) is 6.92 Å². The van der Waals surface area contributed by atoms with Gasteiger partial charge in [0, 0.05) is 12.1 Å². The van der Waals surface area contributed by atoms with Crippen molar-refractivity contribution in [1.29, 1.82) is 0 Å². The van der Waals surface area contributed by atoms with E-state index >= 15 is 0 Å². The smallest absolute Gasteiger partial charge is 0.316 e. The molecule has 1 N–H and O–H groups in total. The van der Waals surface area contributed by atoms with Crippen molar-refractivity contribution < 1.29 is 14.7 Å². The lowest BCUT2D eigenvalue weighted by Crippen LogP contribution is -2.46. The normalized spacial score (nSPS) is 18.3. The van der Waals surface area contributed by atoms with Gasteiger partial charge in [0.2, 0.25) is 5.91 Å². The number of amides is 1. The molecule has 1 amide bonds. The molecule has 1 atom stereocenters. The van der Waals surface area contributed by atoms with Gasteiger partial charge in [0.25, 0.3) is 0 Å². The molecule has 0 spiro atoms. The lowest BCUT2D eigenvalue weighted by molar-refractivity contribution is -0.136. The summed E-state index contributed by atoms with van der Waals surface area (Å²) < 4.78 is 0. The molecule has 1 aliphatic carbocycles. The van der Waals surface area contributed by atoms with Crippen molar-refractivity contribution in [3.05, 3.63) is 0 Å². The topological polar surface area (TPSA) is 57.6 Å². The fourth-order valence-electron chi connectivity index (χ4n) is 2.61. The molecule has 1 unspecified atom stereocenters. The van der Waals surface area contributed by atoms with Crippen LogP contribution < -0.4 is 0 Å². The van der Waals surface area contributed by atoms with E-state index in [0.29, 0.717) is 6.04 Å². The third kappa shape index (κ3) is 5.05. The predicted octanol–water partition coefficient (Wildman–Crippen LogP) is 2.76. The summed E-state index contributed by atoms with van der Waals surface area (Å²) in [5.74, 6) is -0.506. The number of aliphatic carboxylic acids is 1. The summed E-state index contributed by atoms with van der Waals surface area (Å²) >= 11 is 1.21. The number of nitrogens with zero attached hydrogens (tertiary/aromatic N) is 1. The van der Waals surface area contributed by atoms with E-state index in [-0.39, 0.29) is 17.7 Å². The van der Waals surface area contributed by atoms with Crippen molar-refractivity contribution in [3.63, 3.8) is 0 Å². The standard InChI is InChI=1S/C14H25NO3S/c1-10(2)15(12-7-5-4-6-8-12)13(16)9-19-11(3)14(17)18/h10-12H,4-9H2,1-3H3,(H,17,18). The van der Waals surface area contributed by atoms with Gasteiger partial charge in [-0.3, -0.25) is 9.59 Å². The maximum atomic E-state index is 12.3. The van der Waals surface area contributed by atoms with E-state index in [0.717, 1.165) is 12.8 Å². The van der Waals surface area contributed by atoms with E-state index in [1.807, 2.05) is 18.7 Å². The molecule has 0 bridgehead atoms. The largest absolute Gasteiger partial charge is 0.480 e. The second-order valence-electron chi connectivity index (χ2n) is 5.48. The van der Waals surface area contributed by atoms with Crippen LogP contribution in [0.4, 0.5) is 0 Å². The van der Waals surface area contributed by atoms with Gasteiger partial charge in [0.1, 0.15) is 0 Å². The molecule has 5 heteroatoms. The molecule has 4 nitrogen and oxygen atoms in total. The molecular formula is C14H25NO3S. The van der Waals surface area contributed by atoms with Gasteiger partial charge >= 0.3 is 5.97 Å². The highest BCUT2D eigenvalue weighted by Crippen LogP contribution is 2.25. The Balaban J connectivity index is 2.55. The number of hydrogen-bond donors (Lipinski definition) is 1. The molecule has 1 rings (SSSR count). The third-order valence-electron chi connectivity index (χ3n) is 3.62. The molecule has 0 aromatic rings. The van der Waals surface area contributed by atoms with Gasteiger partial charge in [-0.25, -0.2) is 0 Å². The lowest BCUT2D eigenvalue weighted by Gasteiger charge is -2.37. The molecule has 110 valence electrons. The minimum atomic E-state index is -0.855. The second kappa shape index (κ2) is 7.78. The van der Waals surface area contributed by atoms with Crippen molar-refractivity contribution >= 4 is 23.6 Å². The van der Waals surface area contributed by atoms with E-state index in [4.69, 9.17) is 5.11 Å². The Morgan fingerprint density at radius 3 is 2.26 bits per heavy atom. The van der Waals surface area contributed by atoms with Crippen LogP contribution in [0.15, 0.2) is 0 Å². The molecule has 19 heavy (non-hydrogen) atoms. The van der Waals surface area contributed by atoms with Gasteiger partial charge < -0.3 is 10.0 Å². The Labute approximate surface area is 119 Å². The Morgan fingerprint density at radius 2 is 1.79 bits per heavy atom. The van der Waals surface area contributed by atoms with Gasteiger partial charge in [-0.15, -0.1) is 11.8 Å². The fraction of sp³-hybridized carbons (Fsp3) is 0.857. The number of carbonyl (C=O) groups excluding carboxylic acids is 1. The van der Waals surface area contributed by atoms with Crippen molar-refractivity contribution in [2.24, 2.45) is 0 Å². The van der Waals surface area contributed by atoms with E-state index in [2.05, 4.69) is 0 Å². The lowest BCUT2D eigenvalue weighted by atomic mass is 9.93. The van der Waals surface area contributed by atoms with E-state index < -0.39 is 11.2 Å². The van der Waals surface area contributed by atoms with Crippen LogP contribution >= 0.6 is 11.8 Å². The highest BCUT2D eigenvalue weighted by atomic mass is 32.2. The number of carboxylic acids is 1. The van der Waals surface area contributed by atoms with Crippen LogP contribution in [0, 0.1) is 0 Å². The molecule has 0 aromatic heterocycles. The van der Waals surface area contributed by atoms with E-state index in [1.165, 1.54) is 31.0 Å². The molecular weight excluding hydrogens is 262 g/mol. The molecule has 1 saturated carbocycles. The number of carboxylic acid groups (broad SMARTS) is 1. The van der Waals surface area contributed by atoms with E-state index in [9.17, 15) is 9.59 Å². The summed E-state index contributed by atoms with van der Waals surface area (Å²) in [7, 11) is 0. The number of hydrogen-bond acceptors (Lipinski definition) is 3. The summed E-state index contributed by atoms with van der Waals surface area (Å²) in [5, 5.41) is 8.32. The van der Waals surface area contributed by atoms with Crippen molar-refractivity contribution in [2.45, 2.75) is 70.2 Å². The summed E-state index contributed by atoms with van der Waals surface area (Å²) in [4.78, 5) is 25.1. The van der Waals surface area contributed by atoms with Crippen LogP contribution in [0.25, 0.3) is 0 Å². The molecule has 0 aliphatic heterocycles. The summed E-state index contributed by atoms with van der Waals surface area (Å²) in [6.07, 6.45) is 5.83. The van der Waals surface area contributed by atoms with Crippen molar-refractivity contribution in [2.75, 3.05) is 5.75 Å². The molecule has 1 fully saturated rings. The maximum absolute atomic E-state index is 12.3. The summed E-state index contributed by atoms with van der Waals surface area (Å²) in [6.45, 7) is 5.70. The zero-order valence-electron chi connectivity index (χ0n) is 12.1. The third-order valence-corrected chi connectivity index (χ3v) is 4.73.